The number of rotatable bonds is 8. The molecule has 3 fully saturated rings. The van der Waals surface area contributed by atoms with Gasteiger partial charge in [0.25, 0.3) is 0 Å². The number of carbonyl (C=O) groups excluding carboxylic acids is 1. The largest absolute Gasteiger partial charge is 0.490 e. The first-order valence-corrected chi connectivity index (χ1v) is 12.9. The Morgan fingerprint density at radius 2 is 2.08 bits per heavy atom. The molecule has 2 atom stereocenters. The minimum absolute atomic E-state index is 0.00870. The molecule has 37 heavy (non-hydrogen) atoms. The van der Waals surface area contributed by atoms with Crippen LogP contribution in [0.2, 0.25) is 5.02 Å². The van der Waals surface area contributed by atoms with Gasteiger partial charge in [-0.15, -0.1) is 0 Å². The van der Waals surface area contributed by atoms with Crippen molar-refractivity contribution in [2.45, 2.75) is 45.3 Å². The van der Waals surface area contributed by atoms with Crippen molar-refractivity contribution in [3.05, 3.63) is 53.1 Å². The molecule has 2 heterocycles. The molecular formula is C27H33ClN4O5. The van der Waals surface area contributed by atoms with Gasteiger partial charge in [0.15, 0.2) is 11.6 Å². The first-order valence-electron chi connectivity index (χ1n) is 12.5. The van der Waals surface area contributed by atoms with Crippen molar-refractivity contribution in [2.24, 2.45) is 16.8 Å². The number of nitrogens with zero attached hydrogens (tertiary/aromatic N) is 3. The number of aliphatic imine (C=N–C) groups is 1. The fourth-order valence-electron chi connectivity index (χ4n) is 4.59. The number of amides is 1. The predicted molar refractivity (Wildman–Crippen MR) is 140 cm³/mol. The maximum atomic E-state index is 12.7. The molecule has 10 heteroatoms. The van der Waals surface area contributed by atoms with E-state index in [9.17, 15) is 4.79 Å². The van der Waals surface area contributed by atoms with Gasteiger partial charge in [0.2, 0.25) is 0 Å². The second-order valence-corrected chi connectivity index (χ2v) is 10.2. The van der Waals surface area contributed by atoms with Crippen molar-refractivity contribution in [1.82, 2.24) is 4.90 Å². The van der Waals surface area contributed by atoms with Crippen LogP contribution in [0.5, 0.6) is 0 Å². The zero-order valence-corrected chi connectivity index (χ0v) is 22.2. The summed E-state index contributed by atoms with van der Waals surface area (Å²) < 4.78 is 24.0. The van der Waals surface area contributed by atoms with Gasteiger partial charge in [0, 0.05) is 31.1 Å². The highest BCUT2D eigenvalue weighted by Crippen LogP contribution is 2.40. The Morgan fingerprint density at radius 1 is 1.38 bits per heavy atom. The molecule has 2 unspecified atom stereocenters. The SMILES string of the molecule is C=CN=C(Nc1ccc(C#N)cc1Cl)C(OCC)=C(C)OC1C2COCC1CN(C(=O)OC1(C)CC1)C2. The monoisotopic (exact) mass is 528 g/mol. The second-order valence-electron chi connectivity index (χ2n) is 9.77. The summed E-state index contributed by atoms with van der Waals surface area (Å²) >= 11 is 6.38. The minimum atomic E-state index is -0.312. The number of fused-ring (bicyclic) bond motifs is 2. The Bertz CT molecular complexity index is 1130. The van der Waals surface area contributed by atoms with Gasteiger partial charge in [-0.05, 0) is 51.8 Å². The summed E-state index contributed by atoms with van der Waals surface area (Å²) in [7, 11) is 0. The fourth-order valence-corrected chi connectivity index (χ4v) is 4.81. The average Bonchev–Trinajstić information content (AvgIpc) is 3.59. The van der Waals surface area contributed by atoms with Crippen LogP contribution in [0.1, 0.15) is 39.2 Å². The van der Waals surface area contributed by atoms with E-state index < -0.39 is 0 Å². The zero-order valence-electron chi connectivity index (χ0n) is 21.5. The third-order valence-corrected chi connectivity index (χ3v) is 7.07. The van der Waals surface area contributed by atoms with Crippen molar-refractivity contribution in [2.75, 3.05) is 38.2 Å². The van der Waals surface area contributed by atoms with Crippen LogP contribution in [0.4, 0.5) is 10.5 Å². The number of carbonyl (C=O) groups is 1. The molecule has 1 amide bonds. The number of ether oxygens (including phenoxy) is 4. The smallest absolute Gasteiger partial charge is 0.410 e. The van der Waals surface area contributed by atoms with Crippen molar-refractivity contribution in [1.29, 1.82) is 5.26 Å². The molecule has 2 aliphatic heterocycles. The van der Waals surface area contributed by atoms with E-state index in [4.69, 9.17) is 35.8 Å². The molecule has 3 aliphatic rings. The fraction of sp³-hybridized carbons (Fsp3) is 0.519. The Kier molecular flexibility index (Phi) is 8.30. The van der Waals surface area contributed by atoms with Gasteiger partial charge in [-0.25, -0.2) is 9.79 Å². The van der Waals surface area contributed by atoms with Gasteiger partial charge in [0.05, 0.1) is 42.2 Å². The van der Waals surface area contributed by atoms with Crippen LogP contribution in [-0.2, 0) is 18.9 Å². The molecule has 1 aromatic carbocycles. The lowest BCUT2D eigenvalue weighted by atomic mass is 9.84. The van der Waals surface area contributed by atoms with Gasteiger partial charge in [-0.2, -0.15) is 5.26 Å². The van der Waals surface area contributed by atoms with Gasteiger partial charge in [-0.3, -0.25) is 0 Å². The summed E-state index contributed by atoms with van der Waals surface area (Å²) in [6.45, 7) is 11.8. The van der Waals surface area contributed by atoms with Gasteiger partial charge in [-0.1, -0.05) is 18.2 Å². The van der Waals surface area contributed by atoms with Crippen molar-refractivity contribution >= 4 is 29.2 Å². The average molecular weight is 529 g/mol. The van der Waals surface area contributed by atoms with Crippen molar-refractivity contribution in [3.8, 4) is 6.07 Å². The zero-order chi connectivity index (χ0) is 26.6. The number of hydrogen-bond donors (Lipinski definition) is 1. The molecule has 2 bridgehead atoms. The summed E-state index contributed by atoms with van der Waals surface area (Å²) in [6.07, 6.45) is 2.80. The first kappa shape index (κ1) is 26.8. The second kappa shape index (κ2) is 11.4. The van der Waals surface area contributed by atoms with Gasteiger partial charge < -0.3 is 29.2 Å². The molecule has 1 aromatic rings. The summed E-state index contributed by atoms with van der Waals surface area (Å²) in [4.78, 5) is 18.9. The van der Waals surface area contributed by atoms with Crippen molar-refractivity contribution in [3.63, 3.8) is 0 Å². The number of amidine groups is 1. The maximum absolute atomic E-state index is 12.7. The van der Waals surface area contributed by atoms with E-state index in [1.807, 2.05) is 20.8 Å². The van der Waals surface area contributed by atoms with Crippen LogP contribution in [0.3, 0.4) is 0 Å². The van der Waals surface area contributed by atoms with Crippen LogP contribution in [0.25, 0.3) is 0 Å². The van der Waals surface area contributed by atoms with E-state index in [0.29, 0.717) is 66.5 Å². The Balaban J connectivity index is 1.53. The van der Waals surface area contributed by atoms with E-state index in [-0.39, 0.29) is 29.6 Å². The van der Waals surface area contributed by atoms with Crippen molar-refractivity contribution < 1.29 is 23.7 Å². The third-order valence-electron chi connectivity index (χ3n) is 6.76. The highest BCUT2D eigenvalue weighted by atomic mass is 35.5. The highest BCUT2D eigenvalue weighted by molar-refractivity contribution is 6.34. The number of likely N-dealkylation sites (tertiary alicyclic amines) is 1. The summed E-state index contributed by atoms with van der Waals surface area (Å²) in [5.74, 6) is 1.32. The number of piperidine rings is 1. The Hall–Kier alpha value is -3.22. The molecule has 9 nitrogen and oxygen atoms in total. The predicted octanol–water partition coefficient (Wildman–Crippen LogP) is 5.09. The molecule has 4 rings (SSSR count). The molecule has 2 saturated heterocycles. The number of halogens is 1. The van der Waals surface area contributed by atoms with E-state index in [1.54, 1.807) is 23.1 Å². The van der Waals surface area contributed by atoms with Crippen LogP contribution >= 0.6 is 11.6 Å². The van der Waals surface area contributed by atoms with Gasteiger partial charge in [0.1, 0.15) is 17.5 Å². The Labute approximate surface area is 222 Å². The van der Waals surface area contributed by atoms with E-state index in [0.717, 1.165) is 12.8 Å². The first-order chi connectivity index (χ1) is 17.8. The summed E-state index contributed by atoms with van der Waals surface area (Å²) in [5.41, 5.74) is 0.703. The van der Waals surface area contributed by atoms with E-state index in [2.05, 4.69) is 23.0 Å². The Morgan fingerprint density at radius 3 is 2.65 bits per heavy atom. The van der Waals surface area contributed by atoms with Crippen LogP contribution < -0.4 is 5.32 Å². The number of benzene rings is 1. The molecule has 1 aliphatic carbocycles. The van der Waals surface area contributed by atoms with Crippen LogP contribution in [0, 0.1) is 23.2 Å². The molecule has 1 N–H and O–H groups in total. The van der Waals surface area contributed by atoms with E-state index in [1.165, 1.54) is 6.20 Å². The standard InChI is InChI=1S/C27H33ClN4O5/c1-5-30-25(31-22-8-7-18(12-29)11-21(22)28)23(35-6-2)17(3)36-24-19-13-32(14-20(24)16-34-15-19)26(33)37-27(4)9-10-27/h5,7-8,11,19-20,24H,1,6,9-10,13-16H2,2-4H3,(H,30,31). The third kappa shape index (κ3) is 6.38. The lowest BCUT2D eigenvalue weighted by molar-refractivity contribution is -0.131. The topological polar surface area (TPSA) is 105 Å². The van der Waals surface area contributed by atoms with Crippen LogP contribution in [-0.4, -0.2) is 61.4 Å². The van der Waals surface area contributed by atoms with Crippen LogP contribution in [0.15, 0.2) is 47.5 Å². The number of anilines is 1. The molecule has 198 valence electrons. The lowest BCUT2D eigenvalue weighted by Crippen LogP contribution is -2.57. The van der Waals surface area contributed by atoms with E-state index >= 15 is 0 Å². The maximum Gasteiger partial charge on any atom is 0.410 e. The highest BCUT2D eigenvalue weighted by Gasteiger charge is 2.47. The summed E-state index contributed by atoms with van der Waals surface area (Å²) in [5, 5.41) is 12.7. The molecule has 0 radical (unpaired) electrons. The quantitative estimate of drug-likeness (QED) is 0.285. The molecular weight excluding hydrogens is 496 g/mol. The normalized spacial score (nSPS) is 24.8. The number of nitrogens with one attached hydrogen (secondary N) is 1. The minimum Gasteiger partial charge on any atom is -0.490 e. The lowest BCUT2D eigenvalue weighted by Gasteiger charge is -2.46. The summed E-state index contributed by atoms with van der Waals surface area (Å²) in [6, 6.07) is 7.01. The molecule has 0 aromatic heterocycles. The van der Waals surface area contributed by atoms with Gasteiger partial charge >= 0.3 is 6.09 Å². The molecule has 1 saturated carbocycles. The number of nitriles is 1. The number of hydrogen-bond acceptors (Lipinski definition) is 7. The molecule has 0 spiro atoms. The number of allylic oxidation sites excluding steroid dienone is 1.